The minimum atomic E-state index is -4.53. The number of carbonyl (C=O) groups is 1. The molecule has 0 heterocycles. The van der Waals surface area contributed by atoms with Gasteiger partial charge in [0.25, 0.3) is 5.91 Å². The zero-order chi connectivity index (χ0) is 17.9. The molecule has 0 fully saturated rings. The number of phenols is 1. The number of hydrogen-bond acceptors (Lipinski definition) is 3. The van der Waals surface area contributed by atoms with E-state index in [1.165, 1.54) is 12.3 Å². The second kappa shape index (κ2) is 7.51. The number of hydrogen-bond donors (Lipinski definition) is 2. The van der Waals surface area contributed by atoms with Crippen LogP contribution in [0.2, 0.25) is 0 Å². The summed E-state index contributed by atoms with van der Waals surface area (Å²) < 4.78 is 39.2. The molecule has 0 saturated heterocycles. The van der Waals surface area contributed by atoms with Crippen LogP contribution < -0.4 is 5.43 Å². The number of phenolic OH excluding ortho intramolecular Hbond substituents is 1. The second-order valence-electron chi connectivity index (χ2n) is 4.60. The van der Waals surface area contributed by atoms with Crippen LogP contribution in [-0.4, -0.2) is 17.2 Å². The van der Waals surface area contributed by atoms with E-state index in [9.17, 15) is 23.1 Å². The maximum atomic E-state index is 12.6. The third-order valence-corrected chi connectivity index (χ3v) is 4.16. The molecule has 0 atom stereocenters. The number of rotatable bonds is 3. The Balaban J connectivity index is 2.14. The average molecular weight is 513 g/mol. The van der Waals surface area contributed by atoms with Crippen molar-refractivity contribution in [1.29, 1.82) is 0 Å². The average Bonchev–Trinajstić information content (AvgIpc) is 2.51. The molecule has 2 N–H and O–H groups in total. The normalized spacial score (nSPS) is 11.7. The van der Waals surface area contributed by atoms with Gasteiger partial charge in [-0.3, -0.25) is 4.79 Å². The van der Waals surface area contributed by atoms with Gasteiger partial charge < -0.3 is 5.11 Å². The molecule has 126 valence electrons. The topological polar surface area (TPSA) is 61.7 Å². The van der Waals surface area contributed by atoms with Crippen molar-refractivity contribution >= 4 is 50.6 Å². The Hall–Kier alpha value is -1.62. The van der Waals surface area contributed by atoms with Gasteiger partial charge in [-0.15, -0.1) is 0 Å². The molecule has 0 bridgehead atoms. The summed E-state index contributed by atoms with van der Waals surface area (Å²) >= 11 is 5.19. The zero-order valence-electron chi connectivity index (χ0n) is 11.7. The Labute approximate surface area is 157 Å². The smallest absolute Gasteiger partial charge is 0.416 e. The highest BCUT2D eigenvalue weighted by Gasteiger charge is 2.30. The van der Waals surface area contributed by atoms with Crippen molar-refractivity contribution in [3.63, 3.8) is 0 Å². The van der Waals surface area contributed by atoms with Crippen molar-refractivity contribution in [2.75, 3.05) is 0 Å². The van der Waals surface area contributed by atoms with Crippen LogP contribution >= 0.6 is 38.5 Å². The maximum Gasteiger partial charge on any atom is 0.416 e. The van der Waals surface area contributed by atoms with Crippen LogP contribution in [0.5, 0.6) is 5.75 Å². The lowest BCUT2D eigenvalue weighted by molar-refractivity contribution is -0.137. The summed E-state index contributed by atoms with van der Waals surface area (Å²) in [5.74, 6) is -0.808. The lowest BCUT2D eigenvalue weighted by Gasteiger charge is -2.07. The first-order valence-corrected chi connectivity index (χ1v) is 8.24. The van der Waals surface area contributed by atoms with Gasteiger partial charge >= 0.3 is 6.18 Å². The highest BCUT2D eigenvalue weighted by molar-refractivity contribution is 14.1. The largest absolute Gasteiger partial charge is 0.506 e. The van der Waals surface area contributed by atoms with Gasteiger partial charge in [0, 0.05) is 15.6 Å². The van der Waals surface area contributed by atoms with E-state index in [1.54, 1.807) is 12.1 Å². The standard InChI is InChI=1S/C15H9BrF3IN2O2/c16-11-5-9(13(23)12(20)6-11)7-21-22-14(24)8-2-1-3-10(4-8)15(17,18)19/h1-7,23H,(H,22,24)/b21-7+. The quantitative estimate of drug-likeness (QED) is 0.360. The fourth-order valence-electron chi connectivity index (χ4n) is 1.75. The summed E-state index contributed by atoms with van der Waals surface area (Å²) in [4.78, 5) is 11.9. The van der Waals surface area contributed by atoms with Crippen LogP contribution in [0, 0.1) is 3.57 Å². The number of nitrogens with zero attached hydrogens (tertiary/aromatic N) is 1. The lowest BCUT2D eigenvalue weighted by atomic mass is 10.1. The van der Waals surface area contributed by atoms with Crippen molar-refractivity contribution in [3.05, 3.63) is 61.1 Å². The fraction of sp³-hybridized carbons (Fsp3) is 0.0667. The molecule has 0 aliphatic carbocycles. The van der Waals surface area contributed by atoms with Crippen molar-refractivity contribution in [2.24, 2.45) is 5.10 Å². The Morgan fingerprint density at radius 3 is 2.67 bits per heavy atom. The molecular formula is C15H9BrF3IN2O2. The monoisotopic (exact) mass is 512 g/mol. The number of benzene rings is 2. The predicted molar refractivity (Wildman–Crippen MR) is 95.0 cm³/mol. The highest BCUT2D eigenvalue weighted by Crippen LogP contribution is 2.29. The molecule has 0 unspecified atom stereocenters. The Bertz CT molecular complexity index is 810. The molecule has 0 aliphatic heterocycles. The molecule has 0 spiro atoms. The van der Waals surface area contributed by atoms with Crippen LogP contribution in [0.1, 0.15) is 21.5 Å². The first kappa shape index (κ1) is 18.7. The molecule has 2 rings (SSSR count). The van der Waals surface area contributed by atoms with E-state index >= 15 is 0 Å². The van der Waals surface area contributed by atoms with Crippen LogP contribution in [0.3, 0.4) is 0 Å². The highest BCUT2D eigenvalue weighted by atomic mass is 127. The van der Waals surface area contributed by atoms with Gasteiger partial charge in [0.05, 0.1) is 15.3 Å². The number of halogens is 5. The number of alkyl halides is 3. The Morgan fingerprint density at radius 2 is 2.00 bits per heavy atom. The zero-order valence-corrected chi connectivity index (χ0v) is 15.5. The van der Waals surface area contributed by atoms with Crippen molar-refractivity contribution in [1.82, 2.24) is 5.43 Å². The van der Waals surface area contributed by atoms with Gasteiger partial charge in [-0.1, -0.05) is 22.0 Å². The summed E-state index contributed by atoms with van der Waals surface area (Å²) in [7, 11) is 0. The Kier molecular flexibility index (Phi) is 5.86. The molecule has 24 heavy (non-hydrogen) atoms. The van der Waals surface area contributed by atoms with E-state index in [2.05, 4.69) is 26.5 Å². The van der Waals surface area contributed by atoms with E-state index in [0.717, 1.165) is 18.2 Å². The third-order valence-electron chi connectivity index (χ3n) is 2.88. The maximum absolute atomic E-state index is 12.6. The first-order chi connectivity index (χ1) is 11.2. The first-order valence-electron chi connectivity index (χ1n) is 6.37. The number of carbonyl (C=O) groups excluding carboxylic acids is 1. The Morgan fingerprint density at radius 1 is 1.29 bits per heavy atom. The number of amides is 1. The van der Waals surface area contributed by atoms with Crippen molar-refractivity contribution in [3.8, 4) is 5.75 Å². The number of hydrazone groups is 1. The molecule has 1 amide bonds. The molecule has 0 aromatic heterocycles. The molecular weight excluding hydrogens is 504 g/mol. The van der Waals surface area contributed by atoms with Crippen LogP contribution in [0.25, 0.3) is 0 Å². The SMILES string of the molecule is O=C(N/N=C/c1cc(Br)cc(I)c1O)c1cccc(C(F)(F)F)c1. The van der Waals surface area contributed by atoms with E-state index in [1.807, 2.05) is 22.6 Å². The molecule has 2 aromatic rings. The molecule has 0 saturated carbocycles. The van der Waals surface area contributed by atoms with E-state index in [-0.39, 0.29) is 11.3 Å². The molecule has 0 aliphatic rings. The summed E-state index contributed by atoms with van der Waals surface area (Å²) in [6.07, 6.45) is -3.33. The van der Waals surface area contributed by atoms with Crippen LogP contribution in [0.15, 0.2) is 46.0 Å². The van der Waals surface area contributed by atoms with Gasteiger partial charge in [-0.05, 0) is 52.9 Å². The van der Waals surface area contributed by atoms with Gasteiger partial charge in [-0.2, -0.15) is 18.3 Å². The number of nitrogens with one attached hydrogen (secondary N) is 1. The minimum absolute atomic E-state index is 0.0177. The summed E-state index contributed by atoms with van der Waals surface area (Å²) in [5.41, 5.74) is 1.38. The van der Waals surface area contributed by atoms with E-state index in [0.29, 0.717) is 13.6 Å². The summed E-state index contributed by atoms with van der Waals surface area (Å²) in [5, 5.41) is 13.5. The summed E-state index contributed by atoms with van der Waals surface area (Å²) in [6, 6.07) is 7.28. The number of aromatic hydroxyl groups is 1. The van der Waals surface area contributed by atoms with E-state index < -0.39 is 17.6 Å². The minimum Gasteiger partial charge on any atom is -0.506 e. The van der Waals surface area contributed by atoms with Gasteiger partial charge in [0.2, 0.25) is 0 Å². The predicted octanol–water partition coefficient (Wildman–Crippen LogP) is 4.54. The van der Waals surface area contributed by atoms with Crippen molar-refractivity contribution in [2.45, 2.75) is 6.18 Å². The molecule has 2 aromatic carbocycles. The molecule has 0 radical (unpaired) electrons. The van der Waals surface area contributed by atoms with Gasteiger partial charge in [0.1, 0.15) is 5.75 Å². The van der Waals surface area contributed by atoms with Gasteiger partial charge in [0.15, 0.2) is 0 Å². The van der Waals surface area contributed by atoms with Gasteiger partial charge in [-0.25, -0.2) is 5.43 Å². The third kappa shape index (κ3) is 4.69. The van der Waals surface area contributed by atoms with E-state index in [4.69, 9.17) is 0 Å². The van der Waals surface area contributed by atoms with Crippen molar-refractivity contribution < 1.29 is 23.1 Å². The summed E-state index contributed by atoms with van der Waals surface area (Å²) in [6.45, 7) is 0. The van der Waals surface area contributed by atoms with Crippen LogP contribution in [0.4, 0.5) is 13.2 Å². The fourth-order valence-corrected chi connectivity index (χ4v) is 3.30. The lowest BCUT2D eigenvalue weighted by Crippen LogP contribution is -2.18. The second-order valence-corrected chi connectivity index (χ2v) is 6.68. The van der Waals surface area contributed by atoms with Crippen LogP contribution in [-0.2, 0) is 6.18 Å². The molecule has 9 heteroatoms. The molecule has 4 nitrogen and oxygen atoms in total.